The van der Waals surface area contributed by atoms with Crippen LogP contribution in [0.4, 0.5) is 0 Å². The number of halogens is 1. The number of H-pyrrole nitrogens is 1. The zero-order valence-electron chi connectivity index (χ0n) is 7.90. The molecule has 0 spiro atoms. The lowest BCUT2D eigenvalue weighted by atomic mass is 10.1. The predicted octanol–water partition coefficient (Wildman–Crippen LogP) is 1.69. The Kier molecular flexibility index (Phi) is 2.81. The van der Waals surface area contributed by atoms with E-state index in [2.05, 4.69) is 4.98 Å². The summed E-state index contributed by atoms with van der Waals surface area (Å²) in [6.07, 6.45) is 1.08. The monoisotopic (exact) mass is 226 g/mol. The average Bonchev–Trinajstić information content (AvgIpc) is 2.74. The van der Waals surface area contributed by atoms with Crippen LogP contribution in [0, 0.1) is 0 Å². The second-order valence-electron chi connectivity index (χ2n) is 3.29. The van der Waals surface area contributed by atoms with Crippen LogP contribution in [-0.4, -0.2) is 16.6 Å². The topological polar surface area (TPSA) is 71.3 Å². The van der Waals surface area contributed by atoms with E-state index < -0.39 is 6.10 Å². The first kappa shape index (κ1) is 10.3. The van der Waals surface area contributed by atoms with Crippen molar-refractivity contribution in [3.8, 4) is 5.75 Å². The first-order valence-electron chi connectivity index (χ1n) is 4.54. The number of aliphatic hydroxyl groups excluding tert-OH is 1. The molecule has 0 unspecified atom stereocenters. The van der Waals surface area contributed by atoms with Crippen LogP contribution in [0.1, 0.15) is 11.7 Å². The van der Waals surface area contributed by atoms with E-state index in [9.17, 15) is 5.11 Å². The van der Waals surface area contributed by atoms with Gasteiger partial charge in [-0.15, -0.1) is 0 Å². The smallest absolute Gasteiger partial charge is 0.170 e. The molecule has 0 radical (unpaired) electrons. The van der Waals surface area contributed by atoms with Gasteiger partial charge in [0.1, 0.15) is 11.9 Å². The molecule has 2 aromatic rings. The van der Waals surface area contributed by atoms with Crippen molar-refractivity contribution < 1.29 is 9.40 Å². The zero-order chi connectivity index (χ0) is 10.8. The third-order valence-electron chi connectivity index (χ3n) is 2.34. The molecular weight excluding hydrogens is 216 g/mol. The Morgan fingerprint density at radius 2 is 2.33 bits per heavy atom. The van der Waals surface area contributed by atoms with E-state index in [1.54, 1.807) is 12.3 Å². The highest BCUT2D eigenvalue weighted by atomic mass is 35.5. The summed E-state index contributed by atoms with van der Waals surface area (Å²) < 4.78 is 4.71. The maximum Gasteiger partial charge on any atom is 0.170 e. The first-order chi connectivity index (χ1) is 7.26. The van der Waals surface area contributed by atoms with Crippen molar-refractivity contribution in [3.05, 3.63) is 30.0 Å². The van der Waals surface area contributed by atoms with Gasteiger partial charge in [-0.2, -0.15) is 0 Å². The zero-order valence-corrected chi connectivity index (χ0v) is 8.66. The Hall–Kier alpha value is -1.23. The molecule has 0 amide bonds. The lowest BCUT2D eigenvalue weighted by Crippen LogP contribution is -2.11. The summed E-state index contributed by atoms with van der Waals surface area (Å²) in [5.74, 6) is 0.488. The fourth-order valence-corrected chi connectivity index (χ4v) is 1.67. The number of aromatic nitrogens is 1. The van der Waals surface area contributed by atoms with Gasteiger partial charge in [0, 0.05) is 18.1 Å². The molecule has 15 heavy (non-hydrogen) atoms. The highest BCUT2D eigenvalue weighted by Gasteiger charge is 2.11. The fraction of sp³-hybridized carbons (Fsp3) is 0.200. The van der Waals surface area contributed by atoms with E-state index in [1.807, 2.05) is 12.1 Å². The number of aliphatic hydroxyl groups is 1. The molecule has 1 aromatic heterocycles. The Bertz CT molecular complexity index is 469. The number of fused-ring (bicyclic) bond motifs is 1. The second-order valence-corrected chi connectivity index (χ2v) is 3.44. The van der Waals surface area contributed by atoms with Crippen LogP contribution in [0.15, 0.2) is 24.4 Å². The molecule has 0 fully saturated rings. The Morgan fingerprint density at radius 3 is 3.00 bits per heavy atom. The number of nitrogens with one attached hydrogen (secondary N) is 1. The van der Waals surface area contributed by atoms with Crippen molar-refractivity contribution in [1.82, 2.24) is 4.98 Å². The molecule has 0 aliphatic heterocycles. The summed E-state index contributed by atoms with van der Waals surface area (Å²) in [4.78, 5) is 3.00. The molecule has 0 bridgehead atoms. The van der Waals surface area contributed by atoms with Crippen molar-refractivity contribution in [1.29, 1.82) is 0 Å². The van der Waals surface area contributed by atoms with Gasteiger partial charge in [-0.25, -0.2) is 0 Å². The lowest BCUT2D eigenvalue weighted by molar-refractivity contribution is 0.186. The van der Waals surface area contributed by atoms with Gasteiger partial charge in [-0.1, -0.05) is 0 Å². The van der Waals surface area contributed by atoms with Crippen molar-refractivity contribution in [2.24, 2.45) is 5.73 Å². The molecule has 1 atom stereocenters. The second kappa shape index (κ2) is 4.10. The van der Waals surface area contributed by atoms with Crippen LogP contribution in [0.25, 0.3) is 10.9 Å². The van der Waals surface area contributed by atoms with Crippen LogP contribution < -0.4 is 10.0 Å². The molecule has 0 aliphatic carbocycles. The molecule has 2 rings (SSSR count). The van der Waals surface area contributed by atoms with E-state index in [1.165, 1.54) is 0 Å². The van der Waals surface area contributed by atoms with Crippen LogP contribution in [0.2, 0.25) is 0 Å². The third-order valence-corrected chi connectivity index (χ3v) is 2.50. The molecule has 4 nitrogen and oxygen atoms in total. The number of hydrogen-bond donors (Lipinski definition) is 3. The van der Waals surface area contributed by atoms with E-state index in [4.69, 9.17) is 21.9 Å². The van der Waals surface area contributed by atoms with Crippen molar-refractivity contribution in [3.63, 3.8) is 0 Å². The summed E-state index contributed by atoms with van der Waals surface area (Å²) >= 11 is 5.35. The average molecular weight is 227 g/mol. The van der Waals surface area contributed by atoms with Crippen LogP contribution in [-0.2, 0) is 0 Å². The lowest BCUT2D eigenvalue weighted by Gasteiger charge is -2.09. The van der Waals surface area contributed by atoms with Crippen molar-refractivity contribution in [2.45, 2.75) is 6.10 Å². The maximum absolute atomic E-state index is 9.61. The van der Waals surface area contributed by atoms with E-state index in [0.29, 0.717) is 11.3 Å². The molecular formula is C10H11ClN2O2. The summed E-state index contributed by atoms with van der Waals surface area (Å²) in [7, 11) is 0. The Balaban J connectivity index is 2.58. The summed E-state index contributed by atoms with van der Waals surface area (Å²) in [6.45, 7) is 0.164. The minimum absolute atomic E-state index is 0.164. The van der Waals surface area contributed by atoms with Gasteiger partial charge in [0.05, 0.1) is 11.6 Å². The molecule has 80 valence electrons. The van der Waals surface area contributed by atoms with Gasteiger partial charge in [0.2, 0.25) is 0 Å². The molecule has 4 N–H and O–H groups in total. The molecule has 1 heterocycles. The van der Waals surface area contributed by atoms with Gasteiger partial charge in [0.15, 0.2) is 5.75 Å². The molecule has 1 aromatic carbocycles. The van der Waals surface area contributed by atoms with Crippen molar-refractivity contribution >= 4 is 22.8 Å². The van der Waals surface area contributed by atoms with Gasteiger partial charge >= 0.3 is 0 Å². The molecule has 0 saturated carbocycles. The number of aromatic amines is 1. The predicted molar refractivity (Wildman–Crippen MR) is 58.8 cm³/mol. The van der Waals surface area contributed by atoms with E-state index >= 15 is 0 Å². The largest absolute Gasteiger partial charge is 0.387 e. The fourth-order valence-electron chi connectivity index (χ4n) is 1.55. The van der Waals surface area contributed by atoms with Crippen LogP contribution in [0.3, 0.4) is 0 Å². The molecule has 0 saturated heterocycles. The minimum atomic E-state index is -0.699. The van der Waals surface area contributed by atoms with E-state index in [0.717, 1.165) is 10.9 Å². The highest BCUT2D eigenvalue weighted by Crippen LogP contribution is 2.29. The highest BCUT2D eigenvalue weighted by molar-refractivity contribution is 6.10. The summed E-state index contributed by atoms with van der Waals surface area (Å²) in [6, 6.07) is 5.40. The maximum atomic E-state index is 9.61. The number of rotatable bonds is 3. The van der Waals surface area contributed by atoms with Gasteiger partial charge < -0.3 is 20.1 Å². The SMILES string of the molecule is NC[C@@H](O)c1cc(OCl)c2[nH]ccc2c1. The number of hydrogen-bond acceptors (Lipinski definition) is 3. The molecule has 5 heteroatoms. The summed E-state index contributed by atoms with van der Waals surface area (Å²) in [5, 5.41) is 10.5. The van der Waals surface area contributed by atoms with Gasteiger partial charge in [-0.3, -0.25) is 0 Å². The molecule has 0 aliphatic rings. The van der Waals surface area contributed by atoms with Crippen LogP contribution >= 0.6 is 11.9 Å². The minimum Gasteiger partial charge on any atom is -0.387 e. The summed E-state index contributed by atoms with van der Waals surface area (Å²) in [5.41, 5.74) is 6.88. The number of nitrogens with two attached hydrogens (primary N) is 1. The quantitative estimate of drug-likeness (QED) is 0.746. The van der Waals surface area contributed by atoms with Gasteiger partial charge in [0.25, 0.3) is 0 Å². The number of benzene rings is 1. The third kappa shape index (κ3) is 1.79. The van der Waals surface area contributed by atoms with E-state index in [-0.39, 0.29) is 6.54 Å². The standard InChI is InChI=1S/C10H11ClN2O2/c11-15-9-4-7(8(14)5-12)3-6-1-2-13-10(6)9/h1-4,8,13-14H,5,12H2/t8-/m1/s1. The van der Waals surface area contributed by atoms with Crippen molar-refractivity contribution in [2.75, 3.05) is 6.54 Å². The normalized spacial score (nSPS) is 13.0. The Morgan fingerprint density at radius 1 is 1.53 bits per heavy atom. The Labute approximate surface area is 91.8 Å². The van der Waals surface area contributed by atoms with Gasteiger partial charge in [-0.05, 0) is 23.8 Å². The first-order valence-corrected chi connectivity index (χ1v) is 4.85. The van der Waals surface area contributed by atoms with Crippen LogP contribution in [0.5, 0.6) is 5.75 Å².